The second-order valence-corrected chi connectivity index (χ2v) is 16.1. The van der Waals surface area contributed by atoms with Gasteiger partial charge in [-0.2, -0.15) is 0 Å². The fourth-order valence-electron chi connectivity index (χ4n) is 4.51. The van der Waals surface area contributed by atoms with Gasteiger partial charge in [0.25, 0.3) is 0 Å². The third kappa shape index (κ3) is 5.05. The molecule has 1 aliphatic rings. The predicted octanol–water partition coefficient (Wildman–Crippen LogP) is 4.10. The average molecular weight is 496 g/mol. The van der Waals surface area contributed by atoms with Gasteiger partial charge in [0.05, 0.1) is 0 Å². The van der Waals surface area contributed by atoms with E-state index >= 15 is 0 Å². The van der Waals surface area contributed by atoms with Crippen molar-refractivity contribution in [1.29, 1.82) is 0 Å². The monoisotopic (exact) mass is 496 g/mol. The number of hydrogen-bond donors (Lipinski definition) is 0. The van der Waals surface area contributed by atoms with Crippen LogP contribution in [-0.2, 0) is 9.16 Å². The van der Waals surface area contributed by atoms with Crippen molar-refractivity contribution < 1.29 is 9.16 Å². The first kappa shape index (κ1) is 22.5. The van der Waals surface area contributed by atoms with Crippen LogP contribution >= 0.6 is 0 Å². The first-order chi connectivity index (χ1) is 15.0. The van der Waals surface area contributed by atoms with Crippen LogP contribution in [0.2, 0.25) is 5.04 Å². The van der Waals surface area contributed by atoms with Crippen LogP contribution in [0.15, 0.2) is 91.0 Å². The predicted molar refractivity (Wildman–Crippen MR) is 133 cm³/mol. The molecule has 4 rings (SSSR count). The van der Waals surface area contributed by atoms with Crippen molar-refractivity contribution in [3.05, 3.63) is 91.0 Å². The number of rotatable bonds is 7. The average Bonchev–Trinajstić information content (AvgIpc) is 3.23. The molecule has 0 aliphatic carbocycles. The zero-order valence-electron chi connectivity index (χ0n) is 18.7. The molecule has 0 unspecified atom stereocenters. The van der Waals surface area contributed by atoms with Crippen LogP contribution in [0.4, 0.5) is 0 Å². The molecule has 0 spiro atoms. The Labute approximate surface area is 194 Å². The Balaban J connectivity index is 1.55. The van der Waals surface area contributed by atoms with Gasteiger partial charge in [-0.15, -0.1) is 0 Å². The molecule has 0 bridgehead atoms. The summed E-state index contributed by atoms with van der Waals surface area (Å²) >= 11 is 0.355. The zero-order chi connectivity index (χ0) is 21.7. The van der Waals surface area contributed by atoms with Crippen molar-refractivity contribution in [3.8, 4) is 0 Å². The second-order valence-electron chi connectivity index (χ2n) is 9.17. The second kappa shape index (κ2) is 9.85. The Morgan fingerprint density at radius 2 is 1.32 bits per heavy atom. The van der Waals surface area contributed by atoms with Crippen LogP contribution < -0.4 is 14.8 Å². The minimum absolute atomic E-state index is 0.00168. The van der Waals surface area contributed by atoms with Gasteiger partial charge in [0.2, 0.25) is 0 Å². The Hall–Kier alpha value is -1.68. The molecule has 2 atom stereocenters. The van der Waals surface area contributed by atoms with Crippen LogP contribution in [0.1, 0.15) is 33.6 Å². The topological polar surface area (TPSA) is 18.5 Å². The Bertz CT molecular complexity index is 902. The third-order valence-electron chi connectivity index (χ3n) is 5.98. The van der Waals surface area contributed by atoms with Crippen LogP contribution in [0.3, 0.4) is 0 Å². The molecule has 0 radical (unpaired) electrons. The van der Waals surface area contributed by atoms with E-state index in [1.54, 1.807) is 0 Å². The van der Waals surface area contributed by atoms with Crippen molar-refractivity contribution in [1.82, 2.24) is 0 Å². The molecule has 31 heavy (non-hydrogen) atoms. The zero-order valence-corrected chi connectivity index (χ0v) is 21.4. The van der Waals surface area contributed by atoms with Crippen molar-refractivity contribution in [3.63, 3.8) is 0 Å². The van der Waals surface area contributed by atoms with Crippen molar-refractivity contribution in [2.24, 2.45) is 0 Å². The van der Waals surface area contributed by atoms with E-state index < -0.39 is 8.32 Å². The van der Waals surface area contributed by atoms with Gasteiger partial charge in [0.1, 0.15) is 0 Å². The van der Waals surface area contributed by atoms with Gasteiger partial charge >= 0.3 is 195 Å². The molecule has 1 fully saturated rings. The molecule has 3 aromatic rings. The van der Waals surface area contributed by atoms with E-state index in [-0.39, 0.29) is 11.1 Å². The van der Waals surface area contributed by atoms with Gasteiger partial charge in [0.15, 0.2) is 0 Å². The van der Waals surface area contributed by atoms with E-state index in [0.29, 0.717) is 26.6 Å². The van der Waals surface area contributed by atoms with Gasteiger partial charge in [-0.1, -0.05) is 0 Å². The SMILES string of the molecule is CC(C)(C)[Si](OC[C@@H]1CC[C@H]([Se]c2ccccc2)O1)(c1ccccc1)c1ccccc1. The normalized spacial score (nSPS) is 19.5. The molecule has 3 aromatic carbocycles. The van der Waals surface area contributed by atoms with E-state index in [1.165, 1.54) is 14.8 Å². The maximum atomic E-state index is 7.07. The van der Waals surface area contributed by atoms with E-state index in [0.717, 1.165) is 12.8 Å². The van der Waals surface area contributed by atoms with Gasteiger partial charge in [-0.25, -0.2) is 0 Å². The van der Waals surface area contributed by atoms with Crippen LogP contribution in [0.25, 0.3) is 0 Å². The van der Waals surface area contributed by atoms with Crippen molar-refractivity contribution in [2.45, 2.75) is 49.8 Å². The molecule has 4 heteroatoms. The summed E-state index contributed by atoms with van der Waals surface area (Å²) in [5.41, 5.74) is 0. The van der Waals surface area contributed by atoms with Crippen LogP contribution in [0.5, 0.6) is 0 Å². The van der Waals surface area contributed by atoms with E-state index in [4.69, 9.17) is 9.16 Å². The summed E-state index contributed by atoms with van der Waals surface area (Å²) in [5, 5.41) is 3.01. The molecule has 1 saturated heterocycles. The molecule has 0 amide bonds. The van der Waals surface area contributed by atoms with Gasteiger partial charge in [-0.05, 0) is 0 Å². The number of benzene rings is 3. The first-order valence-corrected chi connectivity index (χ1v) is 14.9. The molecule has 1 aliphatic heterocycles. The molecule has 162 valence electrons. The summed E-state index contributed by atoms with van der Waals surface area (Å²) in [6.45, 7) is 7.65. The van der Waals surface area contributed by atoms with Gasteiger partial charge in [0, 0.05) is 0 Å². The molecular formula is C27H32O2SeSi. The Morgan fingerprint density at radius 1 is 0.806 bits per heavy atom. The summed E-state index contributed by atoms with van der Waals surface area (Å²) in [4.78, 5) is 0. The molecular weight excluding hydrogens is 463 g/mol. The van der Waals surface area contributed by atoms with Gasteiger partial charge in [-0.3, -0.25) is 0 Å². The standard InChI is InChI=1S/C27H32O2SeSi/c1-27(2,3)31(24-15-9-5-10-16-24,25-17-11-6-12-18-25)28-21-22-19-20-26(29-22)30-23-13-7-4-8-14-23/h4-18,22,26H,19-21H2,1-3H3/t22-,26-/m0/s1. The number of hydrogen-bond acceptors (Lipinski definition) is 2. The van der Waals surface area contributed by atoms with Crippen molar-refractivity contribution in [2.75, 3.05) is 6.61 Å². The molecule has 1 heterocycles. The summed E-state index contributed by atoms with van der Waals surface area (Å²) in [6, 6.07) is 32.5. The Kier molecular flexibility index (Phi) is 7.15. The quantitative estimate of drug-likeness (QED) is 0.460. The summed E-state index contributed by atoms with van der Waals surface area (Å²) in [5.74, 6) is 0. The third-order valence-corrected chi connectivity index (χ3v) is 13.4. The summed E-state index contributed by atoms with van der Waals surface area (Å²) < 4.78 is 15.0. The molecule has 0 saturated carbocycles. The Morgan fingerprint density at radius 3 is 1.84 bits per heavy atom. The number of ether oxygens (including phenoxy) is 1. The molecule has 0 aromatic heterocycles. The van der Waals surface area contributed by atoms with Crippen molar-refractivity contribution >= 4 is 38.1 Å². The van der Waals surface area contributed by atoms with E-state index in [9.17, 15) is 0 Å². The maximum absolute atomic E-state index is 7.07. The fourth-order valence-corrected chi connectivity index (χ4v) is 11.4. The van der Waals surface area contributed by atoms with Gasteiger partial charge < -0.3 is 0 Å². The van der Waals surface area contributed by atoms with E-state index in [2.05, 4.69) is 112 Å². The fraction of sp³-hybridized carbons (Fsp3) is 0.333. The van der Waals surface area contributed by atoms with Crippen LogP contribution in [0, 0.1) is 0 Å². The van der Waals surface area contributed by atoms with E-state index in [1.807, 2.05) is 0 Å². The molecule has 0 N–H and O–H groups in total. The van der Waals surface area contributed by atoms with Crippen LogP contribution in [-0.4, -0.2) is 41.0 Å². The summed E-state index contributed by atoms with van der Waals surface area (Å²) in [6.07, 6.45) is 2.39. The minimum atomic E-state index is -2.49. The molecule has 2 nitrogen and oxygen atoms in total. The summed E-state index contributed by atoms with van der Waals surface area (Å²) in [7, 11) is -2.49. The first-order valence-electron chi connectivity index (χ1n) is 11.1.